The van der Waals surface area contributed by atoms with Crippen LogP contribution < -0.4 is 20.1 Å². The van der Waals surface area contributed by atoms with Crippen molar-refractivity contribution >= 4 is 56.1 Å². The summed E-state index contributed by atoms with van der Waals surface area (Å²) in [5.41, 5.74) is 3.11. The average Bonchev–Trinajstić information content (AvgIpc) is 1.44. The number of nitrogens with one attached hydrogen (secondary N) is 2. The number of likely N-dealkylation sites (tertiary alicyclic amines) is 2. The topological polar surface area (TPSA) is 249 Å². The molecule has 2 N–H and O–H groups in total. The highest BCUT2D eigenvalue weighted by atomic mass is 35.5. The maximum atomic E-state index is 13.3. The molecule has 492 valence electrons. The molecule has 2 aromatic carbocycles. The third kappa shape index (κ3) is 18.6. The van der Waals surface area contributed by atoms with Crippen molar-refractivity contribution in [3.05, 3.63) is 107 Å². The zero-order valence-corrected chi connectivity index (χ0v) is 55.9. The van der Waals surface area contributed by atoms with Gasteiger partial charge in [0.1, 0.15) is 24.7 Å². The number of carbonyl (C=O) groups is 4. The number of piperazine rings is 2. The van der Waals surface area contributed by atoms with E-state index < -0.39 is 20.0 Å². The third-order valence-corrected chi connectivity index (χ3v) is 22.0. The molecule has 0 spiro atoms. The fourth-order valence-electron chi connectivity index (χ4n) is 12.1. The van der Waals surface area contributed by atoms with E-state index in [0.29, 0.717) is 84.1 Å². The second-order valence-electron chi connectivity index (χ2n) is 23.6. The minimum Gasteiger partial charge on any atom is -0.497 e. The Balaban J connectivity index is 0.000000281. The van der Waals surface area contributed by atoms with Gasteiger partial charge in [0.25, 0.3) is 11.8 Å². The number of sulfonamides is 2. The van der Waals surface area contributed by atoms with Crippen LogP contribution in [0, 0.1) is 27.7 Å². The van der Waals surface area contributed by atoms with Gasteiger partial charge in [-0.15, -0.1) is 12.4 Å². The Morgan fingerprint density at radius 1 is 0.517 bits per heavy atom. The number of piperidine rings is 2. The standard InChI is InChI=1S/2C31H46N6O6S.ClH/c2*1-24-20-27(42-5)21-25(2)29(24)44(40,41)35(4)18-19-43-22-28(38)36-12-8-31(9-13-36,37-16-14-34(3)15-17-37)23-33-30(39)26-6-10-32-11-7-26;/h2*6-7,10-11,20-21H,8-9,12-19,22-23H2,1-5H3,(H,33,39);1H. The smallest absolute Gasteiger partial charge is 0.251 e. The third-order valence-electron chi connectivity index (χ3n) is 17.7. The number of halogens is 1. The molecule has 6 heterocycles. The number of aryl methyl sites for hydroxylation is 4. The summed E-state index contributed by atoms with van der Waals surface area (Å²) in [6.07, 6.45) is 9.38. The number of methoxy groups -OCH3 is 2. The van der Waals surface area contributed by atoms with Crippen LogP contribution in [0.1, 0.15) is 68.7 Å². The molecule has 2 aromatic heterocycles. The number of hydrogen-bond acceptors (Lipinski definition) is 18. The molecule has 4 aromatic rings. The molecule has 0 atom stereocenters. The van der Waals surface area contributed by atoms with Crippen LogP contribution in [0.4, 0.5) is 0 Å². The molecule has 4 fully saturated rings. The van der Waals surface area contributed by atoms with Crippen molar-refractivity contribution in [2.45, 2.75) is 74.2 Å². The van der Waals surface area contributed by atoms with E-state index in [1.165, 1.54) is 22.7 Å². The van der Waals surface area contributed by atoms with Crippen LogP contribution in [0.25, 0.3) is 0 Å². The Labute approximate surface area is 533 Å². The number of benzene rings is 2. The molecular formula is C62H93ClN12O12S2. The van der Waals surface area contributed by atoms with Gasteiger partial charge in [0.05, 0.1) is 37.2 Å². The van der Waals surface area contributed by atoms with Gasteiger partial charge in [-0.2, -0.15) is 8.61 Å². The number of pyridine rings is 2. The van der Waals surface area contributed by atoms with Gasteiger partial charge in [-0.05, 0) is 138 Å². The van der Waals surface area contributed by atoms with Crippen LogP contribution in [0.5, 0.6) is 11.5 Å². The molecule has 4 amide bonds. The average molecular weight is 1300 g/mol. The number of amides is 4. The summed E-state index contributed by atoms with van der Waals surface area (Å²) in [6.45, 7) is 17.9. The lowest BCUT2D eigenvalue weighted by Crippen LogP contribution is -2.64. The minimum absolute atomic E-state index is 0. The molecule has 0 radical (unpaired) electrons. The van der Waals surface area contributed by atoms with Crippen LogP contribution in [0.2, 0.25) is 0 Å². The van der Waals surface area contributed by atoms with E-state index in [9.17, 15) is 36.0 Å². The van der Waals surface area contributed by atoms with Crippen LogP contribution in [0.3, 0.4) is 0 Å². The van der Waals surface area contributed by atoms with Crippen LogP contribution in [0.15, 0.2) is 83.1 Å². The Hall–Kier alpha value is -5.91. The van der Waals surface area contributed by atoms with Gasteiger partial charge in [0, 0.05) is 166 Å². The fourth-order valence-corrected chi connectivity index (χ4v) is 15.2. The molecular weight excluding hydrogens is 1200 g/mol. The van der Waals surface area contributed by atoms with E-state index in [-0.39, 0.29) is 96.4 Å². The van der Waals surface area contributed by atoms with Crippen LogP contribution >= 0.6 is 12.4 Å². The van der Waals surface area contributed by atoms with Crippen molar-refractivity contribution in [1.29, 1.82) is 0 Å². The van der Waals surface area contributed by atoms with Gasteiger partial charge < -0.3 is 49.2 Å². The van der Waals surface area contributed by atoms with Crippen molar-refractivity contribution in [1.82, 2.24) is 58.6 Å². The number of aromatic nitrogens is 2. The van der Waals surface area contributed by atoms with E-state index in [4.69, 9.17) is 18.9 Å². The van der Waals surface area contributed by atoms with Gasteiger partial charge in [0.2, 0.25) is 31.9 Å². The van der Waals surface area contributed by atoms with Gasteiger partial charge >= 0.3 is 0 Å². The largest absolute Gasteiger partial charge is 0.497 e. The maximum Gasteiger partial charge on any atom is 0.251 e. The lowest BCUT2D eigenvalue weighted by molar-refractivity contribution is -0.140. The van der Waals surface area contributed by atoms with Gasteiger partial charge in [-0.3, -0.25) is 38.9 Å². The molecule has 24 nitrogen and oxygen atoms in total. The molecule has 8 rings (SSSR count). The highest BCUT2D eigenvalue weighted by molar-refractivity contribution is 7.89. The molecule has 0 unspecified atom stereocenters. The van der Waals surface area contributed by atoms with Gasteiger partial charge in [0.15, 0.2) is 0 Å². The first-order chi connectivity index (χ1) is 41.9. The van der Waals surface area contributed by atoms with Crippen LogP contribution in [-0.2, 0) is 39.1 Å². The highest BCUT2D eigenvalue weighted by Gasteiger charge is 2.44. The summed E-state index contributed by atoms with van der Waals surface area (Å²) >= 11 is 0. The number of ether oxygens (including phenoxy) is 4. The van der Waals surface area contributed by atoms with Gasteiger partial charge in [-0.1, -0.05) is 0 Å². The van der Waals surface area contributed by atoms with Crippen molar-refractivity contribution < 1.29 is 55.0 Å². The Bertz CT molecular complexity index is 2950. The highest BCUT2D eigenvalue weighted by Crippen LogP contribution is 2.33. The number of carbonyl (C=O) groups excluding carboxylic acids is 4. The normalized spacial score (nSPS) is 17.7. The molecule has 0 saturated carbocycles. The van der Waals surface area contributed by atoms with E-state index in [2.05, 4.69) is 54.3 Å². The van der Waals surface area contributed by atoms with Gasteiger partial charge in [-0.25, -0.2) is 16.8 Å². The molecule has 89 heavy (non-hydrogen) atoms. The molecule has 4 aliphatic heterocycles. The monoisotopic (exact) mass is 1300 g/mol. The number of likely N-dealkylation sites (N-methyl/N-ethyl adjacent to an activating group) is 4. The maximum absolute atomic E-state index is 13.3. The summed E-state index contributed by atoms with van der Waals surface area (Å²) in [5, 5.41) is 6.28. The van der Waals surface area contributed by atoms with E-state index in [1.54, 1.807) is 115 Å². The second kappa shape index (κ2) is 32.9. The fraction of sp³-hybridized carbons (Fsp3) is 0.581. The number of hydrogen-bond donors (Lipinski definition) is 2. The van der Waals surface area contributed by atoms with Crippen molar-refractivity contribution in [2.75, 3.05) is 174 Å². The SMILES string of the molecule is COc1cc(C)c(S(=O)(=O)N(C)CCOCC(=O)N2CCC(CNC(=O)c3ccncc3)(N3CCN(C)CC3)CC2)c(C)c1.COc1cc(C)c(S(=O)(=O)N(C)CCOCC(=O)N2CCC(CNC(=O)c3ccncc3)(N3CCN(C)CC3)CC2)c(C)c1.Cl. The lowest BCUT2D eigenvalue weighted by Gasteiger charge is -2.51. The Morgan fingerprint density at radius 2 is 0.820 bits per heavy atom. The summed E-state index contributed by atoms with van der Waals surface area (Å²) in [7, 11) is 2.87. The zero-order chi connectivity index (χ0) is 63.8. The predicted molar refractivity (Wildman–Crippen MR) is 342 cm³/mol. The molecule has 0 aliphatic carbocycles. The van der Waals surface area contributed by atoms with Crippen molar-refractivity contribution in [2.24, 2.45) is 0 Å². The molecule has 4 aliphatic rings. The quantitative estimate of drug-likeness (QED) is 0.0956. The van der Waals surface area contributed by atoms with Crippen molar-refractivity contribution in [3.8, 4) is 11.5 Å². The number of rotatable bonds is 24. The number of nitrogens with zero attached hydrogens (tertiary/aromatic N) is 10. The Kier molecular flexibility index (Phi) is 26.7. The molecule has 27 heteroatoms. The molecule has 4 saturated heterocycles. The summed E-state index contributed by atoms with van der Waals surface area (Å²) in [5.74, 6) is 0.720. The Morgan fingerprint density at radius 3 is 1.11 bits per heavy atom. The summed E-state index contributed by atoms with van der Waals surface area (Å²) < 4.78 is 77.3. The summed E-state index contributed by atoms with van der Waals surface area (Å²) in [4.78, 5) is 73.5. The van der Waals surface area contributed by atoms with Crippen molar-refractivity contribution in [3.63, 3.8) is 0 Å². The van der Waals surface area contributed by atoms with E-state index in [0.717, 1.165) is 78.0 Å². The van der Waals surface area contributed by atoms with E-state index in [1.807, 2.05) is 9.80 Å². The first kappa shape index (κ1) is 72.2. The predicted octanol–water partition coefficient (Wildman–Crippen LogP) is 3.19. The van der Waals surface area contributed by atoms with E-state index >= 15 is 0 Å². The second-order valence-corrected chi connectivity index (χ2v) is 27.5. The first-order valence-electron chi connectivity index (χ1n) is 30.1. The van der Waals surface area contributed by atoms with Crippen LogP contribution in [-0.4, -0.2) is 273 Å². The zero-order valence-electron chi connectivity index (χ0n) is 53.5. The summed E-state index contributed by atoms with van der Waals surface area (Å²) in [6, 6.07) is 13.6. The first-order valence-corrected chi connectivity index (χ1v) is 33.0. The lowest BCUT2D eigenvalue weighted by atomic mass is 9.84. The minimum atomic E-state index is -3.74. The molecule has 0 bridgehead atoms.